The SMILES string of the molecule is CCNC(=NCC(=O)NCCOC)NCCOCC.I. The van der Waals surface area contributed by atoms with Crippen molar-refractivity contribution in [2.45, 2.75) is 13.8 Å². The van der Waals surface area contributed by atoms with E-state index in [4.69, 9.17) is 9.47 Å². The molecule has 0 unspecified atom stereocenters. The van der Waals surface area contributed by atoms with Gasteiger partial charge in [-0.25, -0.2) is 4.99 Å². The number of carbonyl (C=O) groups is 1. The molecule has 0 spiro atoms. The van der Waals surface area contributed by atoms with Gasteiger partial charge in [-0.05, 0) is 13.8 Å². The first-order chi connectivity index (χ1) is 9.24. The van der Waals surface area contributed by atoms with Crippen molar-refractivity contribution in [3.05, 3.63) is 0 Å². The minimum Gasteiger partial charge on any atom is -0.383 e. The molecule has 20 heavy (non-hydrogen) atoms. The van der Waals surface area contributed by atoms with Crippen LogP contribution in [0.25, 0.3) is 0 Å². The second-order valence-corrected chi connectivity index (χ2v) is 3.66. The smallest absolute Gasteiger partial charge is 0.241 e. The Morgan fingerprint density at radius 3 is 2.40 bits per heavy atom. The van der Waals surface area contributed by atoms with Crippen LogP contribution in [0.5, 0.6) is 0 Å². The zero-order valence-electron chi connectivity index (χ0n) is 12.5. The number of hydrogen-bond donors (Lipinski definition) is 3. The van der Waals surface area contributed by atoms with Gasteiger partial charge in [0.15, 0.2) is 5.96 Å². The first-order valence-corrected chi connectivity index (χ1v) is 6.60. The highest BCUT2D eigenvalue weighted by Crippen LogP contribution is 1.77. The van der Waals surface area contributed by atoms with Crippen molar-refractivity contribution in [2.75, 3.05) is 53.1 Å². The Balaban J connectivity index is 0. The summed E-state index contributed by atoms with van der Waals surface area (Å²) in [6.07, 6.45) is 0. The van der Waals surface area contributed by atoms with Crippen molar-refractivity contribution in [2.24, 2.45) is 4.99 Å². The second-order valence-electron chi connectivity index (χ2n) is 3.66. The zero-order chi connectivity index (χ0) is 14.3. The summed E-state index contributed by atoms with van der Waals surface area (Å²) < 4.78 is 10.1. The van der Waals surface area contributed by atoms with Crippen molar-refractivity contribution in [1.29, 1.82) is 0 Å². The number of aliphatic imine (C=N–C) groups is 1. The molecule has 7 nitrogen and oxygen atoms in total. The molecule has 0 aliphatic rings. The lowest BCUT2D eigenvalue weighted by atomic mass is 10.5. The first-order valence-electron chi connectivity index (χ1n) is 6.60. The lowest BCUT2D eigenvalue weighted by Crippen LogP contribution is -2.40. The Hall–Kier alpha value is -0.610. The summed E-state index contributed by atoms with van der Waals surface area (Å²) in [5, 5.41) is 8.85. The van der Waals surface area contributed by atoms with E-state index < -0.39 is 0 Å². The number of guanidine groups is 1. The van der Waals surface area contributed by atoms with Gasteiger partial charge in [0.1, 0.15) is 6.54 Å². The molecule has 0 aromatic rings. The highest BCUT2D eigenvalue weighted by Gasteiger charge is 2.01. The van der Waals surface area contributed by atoms with Crippen LogP contribution >= 0.6 is 24.0 Å². The molecule has 0 rings (SSSR count). The van der Waals surface area contributed by atoms with E-state index in [1.165, 1.54) is 0 Å². The van der Waals surface area contributed by atoms with E-state index in [-0.39, 0.29) is 36.4 Å². The van der Waals surface area contributed by atoms with Crippen molar-refractivity contribution in [3.8, 4) is 0 Å². The third-order valence-corrected chi connectivity index (χ3v) is 2.10. The van der Waals surface area contributed by atoms with Gasteiger partial charge in [-0.1, -0.05) is 0 Å². The van der Waals surface area contributed by atoms with E-state index in [0.717, 1.165) is 6.54 Å². The molecule has 0 aromatic carbocycles. The van der Waals surface area contributed by atoms with E-state index in [0.29, 0.717) is 38.9 Å². The molecule has 0 heterocycles. The maximum atomic E-state index is 11.4. The highest BCUT2D eigenvalue weighted by atomic mass is 127. The fourth-order valence-corrected chi connectivity index (χ4v) is 1.23. The van der Waals surface area contributed by atoms with Gasteiger partial charge in [-0.15, -0.1) is 24.0 Å². The van der Waals surface area contributed by atoms with Gasteiger partial charge in [-0.3, -0.25) is 4.79 Å². The fraction of sp³-hybridized carbons (Fsp3) is 0.833. The Morgan fingerprint density at radius 2 is 1.80 bits per heavy atom. The summed E-state index contributed by atoms with van der Waals surface area (Å²) in [4.78, 5) is 15.6. The van der Waals surface area contributed by atoms with Crippen LogP contribution in [0, 0.1) is 0 Å². The number of halogens is 1. The lowest BCUT2D eigenvalue weighted by molar-refractivity contribution is -0.119. The van der Waals surface area contributed by atoms with Gasteiger partial charge >= 0.3 is 0 Å². The van der Waals surface area contributed by atoms with Crippen LogP contribution in [-0.2, 0) is 14.3 Å². The predicted molar refractivity (Wildman–Crippen MR) is 90.8 cm³/mol. The summed E-state index contributed by atoms with van der Waals surface area (Å²) in [7, 11) is 1.59. The average molecular weight is 402 g/mol. The van der Waals surface area contributed by atoms with Gasteiger partial charge in [0, 0.05) is 33.4 Å². The van der Waals surface area contributed by atoms with Crippen molar-refractivity contribution in [1.82, 2.24) is 16.0 Å². The molecule has 0 aliphatic heterocycles. The van der Waals surface area contributed by atoms with Crippen molar-refractivity contribution in [3.63, 3.8) is 0 Å². The lowest BCUT2D eigenvalue weighted by Gasteiger charge is -2.11. The first kappa shape index (κ1) is 21.7. The van der Waals surface area contributed by atoms with E-state index in [2.05, 4.69) is 20.9 Å². The Morgan fingerprint density at radius 1 is 1.10 bits per heavy atom. The van der Waals surface area contributed by atoms with Crippen molar-refractivity contribution < 1.29 is 14.3 Å². The monoisotopic (exact) mass is 402 g/mol. The van der Waals surface area contributed by atoms with Gasteiger partial charge in [0.05, 0.1) is 13.2 Å². The standard InChI is InChI=1S/C12H26N4O3.HI/c1-4-13-12(15-7-9-19-5-2)16-10-11(17)14-6-8-18-3;/h4-10H2,1-3H3,(H,14,17)(H2,13,15,16);1H. The molecular formula is C12H27IN4O3. The van der Waals surface area contributed by atoms with E-state index in [1.807, 2.05) is 13.8 Å². The fourth-order valence-electron chi connectivity index (χ4n) is 1.23. The Bertz CT molecular complexity index is 265. The van der Waals surface area contributed by atoms with E-state index in [1.54, 1.807) is 7.11 Å². The van der Waals surface area contributed by atoms with Crippen molar-refractivity contribution >= 4 is 35.8 Å². The number of rotatable bonds is 10. The van der Waals surface area contributed by atoms with E-state index in [9.17, 15) is 4.79 Å². The third kappa shape index (κ3) is 13.8. The number of hydrogen-bond acceptors (Lipinski definition) is 4. The van der Waals surface area contributed by atoms with Crippen LogP contribution < -0.4 is 16.0 Å². The molecule has 0 bridgehead atoms. The molecule has 0 fully saturated rings. The van der Waals surface area contributed by atoms with Gasteiger partial charge in [-0.2, -0.15) is 0 Å². The molecular weight excluding hydrogens is 375 g/mol. The Kier molecular flexibility index (Phi) is 17.8. The van der Waals surface area contributed by atoms with Gasteiger partial charge < -0.3 is 25.4 Å². The largest absolute Gasteiger partial charge is 0.383 e. The van der Waals surface area contributed by atoms with Crippen LogP contribution in [-0.4, -0.2) is 65.0 Å². The minimum absolute atomic E-state index is 0. The summed E-state index contributed by atoms with van der Waals surface area (Å²) in [5.74, 6) is 0.489. The molecule has 0 aromatic heterocycles. The number of nitrogens with one attached hydrogen (secondary N) is 3. The maximum Gasteiger partial charge on any atom is 0.241 e. The molecule has 3 N–H and O–H groups in total. The molecule has 0 saturated carbocycles. The molecule has 0 aliphatic carbocycles. The maximum absolute atomic E-state index is 11.4. The molecule has 0 radical (unpaired) electrons. The van der Waals surface area contributed by atoms with Crippen LogP contribution in [0.3, 0.4) is 0 Å². The minimum atomic E-state index is -0.126. The number of nitrogens with zero attached hydrogens (tertiary/aromatic N) is 1. The zero-order valence-corrected chi connectivity index (χ0v) is 14.9. The van der Waals surface area contributed by atoms with Crippen LogP contribution in [0.1, 0.15) is 13.8 Å². The quantitative estimate of drug-likeness (QED) is 0.207. The Labute approximate surface area is 138 Å². The van der Waals surface area contributed by atoms with Gasteiger partial charge in [0.2, 0.25) is 5.91 Å². The molecule has 120 valence electrons. The summed E-state index contributed by atoms with van der Waals surface area (Å²) in [6.45, 7) is 7.71. The number of carbonyl (C=O) groups excluding carboxylic acids is 1. The molecule has 8 heteroatoms. The highest BCUT2D eigenvalue weighted by molar-refractivity contribution is 14.0. The van der Waals surface area contributed by atoms with E-state index >= 15 is 0 Å². The van der Waals surface area contributed by atoms with Crippen LogP contribution in [0.2, 0.25) is 0 Å². The number of methoxy groups -OCH3 is 1. The summed E-state index contributed by atoms with van der Waals surface area (Å²) in [6, 6.07) is 0. The number of amides is 1. The molecule has 1 amide bonds. The molecule has 0 atom stereocenters. The number of ether oxygens (including phenoxy) is 2. The second kappa shape index (κ2) is 16.4. The third-order valence-electron chi connectivity index (χ3n) is 2.10. The predicted octanol–water partition coefficient (Wildman–Crippen LogP) is -0.0414. The van der Waals surface area contributed by atoms with Crippen LogP contribution in [0.15, 0.2) is 4.99 Å². The average Bonchev–Trinajstić information content (AvgIpc) is 2.41. The summed E-state index contributed by atoms with van der Waals surface area (Å²) >= 11 is 0. The normalized spacial score (nSPS) is 10.7. The topological polar surface area (TPSA) is 84.0 Å². The van der Waals surface area contributed by atoms with Crippen LogP contribution in [0.4, 0.5) is 0 Å². The summed E-state index contributed by atoms with van der Waals surface area (Å²) in [5.41, 5.74) is 0. The van der Waals surface area contributed by atoms with Gasteiger partial charge in [0.25, 0.3) is 0 Å². The molecule has 0 saturated heterocycles.